The van der Waals surface area contributed by atoms with Crippen molar-refractivity contribution in [3.05, 3.63) is 29.8 Å². The molecule has 1 aromatic rings. The van der Waals surface area contributed by atoms with Gasteiger partial charge in [0.05, 0.1) is 4.90 Å². The summed E-state index contributed by atoms with van der Waals surface area (Å²) in [6.45, 7) is 7.18. The molecule has 0 saturated carbocycles. The molecule has 2 rings (SSSR count). The van der Waals surface area contributed by atoms with E-state index >= 15 is 0 Å². The van der Waals surface area contributed by atoms with E-state index in [2.05, 4.69) is 12.2 Å². The van der Waals surface area contributed by atoms with Crippen LogP contribution in [0, 0.1) is 12.8 Å². The molecular formula is C15H24N2O2S. The topological polar surface area (TPSA) is 49.4 Å². The first-order valence-corrected chi connectivity index (χ1v) is 8.76. The summed E-state index contributed by atoms with van der Waals surface area (Å²) in [5.74, 6) is 0.596. The van der Waals surface area contributed by atoms with Crippen molar-refractivity contribution in [1.82, 2.24) is 9.62 Å². The van der Waals surface area contributed by atoms with Gasteiger partial charge in [0.25, 0.3) is 0 Å². The van der Waals surface area contributed by atoms with Gasteiger partial charge in [-0.25, -0.2) is 8.42 Å². The predicted molar refractivity (Wildman–Crippen MR) is 81.2 cm³/mol. The van der Waals surface area contributed by atoms with Crippen LogP contribution in [0.5, 0.6) is 0 Å². The monoisotopic (exact) mass is 296 g/mol. The number of hydrogen-bond donors (Lipinski definition) is 1. The summed E-state index contributed by atoms with van der Waals surface area (Å²) in [5.41, 5.74) is 0.822. The molecule has 0 unspecified atom stereocenters. The highest BCUT2D eigenvalue weighted by molar-refractivity contribution is 7.89. The molecule has 1 fully saturated rings. The minimum absolute atomic E-state index is 0.449. The molecule has 1 aliphatic heterocycles. The van der Waals surface area contributed by atoms with E-state index in [9.17, 15) is 8.42 Å². The maximum Gasteiger partial charge on any atom is 0.243 e. The highest BCUT2D eigenvalue weighted by Crippen LogP contribution is 2.25. The Morgan fingerprint density at radius 1 is 1.25 bits per heavy atom. The summed E-state index contributed by atoms with van der Waals surface area (Å²) in [6, 6.07) is 7.22. The minimum Gasteiger partial charge on any atom is -0.317 e. The molecule has 1 aromatic carbocycles. The Labute approximate surface area is 122 Å². The van der Waals surface area contributed by atoms with Gasteiger partial charge < -0.3 is 5.32 Å². The third-order valence-corrected chi connectivity index (χ3v) is 6.03. The van der Waals surface area contributed by atoms with E-state index < -0.39 is 10.0 Å². The van der Waals surface area contributed by atoms with Crippen molar-refractivity contribution in [2.45, 2.75) is 31.6 Å². The van der Waals surface area contributed by atoms with Gasteiger partial charge in [0, 0.05) is 13.1 Å². The van der Waals surface area contributed by atoms with E-state index in [-0.39, 0.29) is 0 Å². The highest BCUT2D eigenvalue weighted by Gasteiger charge is 2.29. The van der Waals surface area contributed by atoms with Crippen LogP contribution in [-0.4, -0.2) is 38.9 Å². The third-order valence-electron chi connectivity index (χ3n) is 3.97. The number of benzene rings is 1. The standard InChI is InChI=1S/C15H24N2O2S/c1-3-16-12-14-8-10-17(11-9-14)20(18,19)15-7-5-4-6-13(15)2/h4-7,14,16H,3,8-12H2,1-2H3. The Morgan fingerprint density at radius 3 is 2.50 bits per heavy atom. The fourth-order valence-corrected chi connectivity index (χ4v) is 4.38. The van der Waals surface area contributed by atoms with Gasteiger partial charge in [-0.05, 0) is 50.4 Å². The lowest BCUT2D eigenvalue weighted by Crippen LogP contribution is -2.40. The second kappa shape index (κ2) is 6.70. The number of aryl methyl sites for hydroxylation is 1. The van der Waals surface area contributed by atoms with Crippen LogP contribution in [0.1, 0.15) is 25.3 Å². The van der Waals surface area contributed by atoms with Gasteiger partial charge in [-0.3, -0.25) is 0 Å². The lowest BCUT2D eigenvalue weighted by atomic mass is 9.98. The maximum atomic E-state index is 12.6. The predicted octanol–water partition coefficient (Wildman–Crippen LogP) is 2.01. The van der Waals surface area contributed by atoms with E-state index in [1.54, 1.807) is 16.4 Å². The van der Waals surface area contributed by atoms with E-state index in [4.69, 9.17) is 0 Å². The molecule has 0 radical (unpaired) electrons. The molecule has 1 N–H and O–H groups in total. The van der Waals surface area contributed by atoms with E-state index in [0.717, 1.165) is 31.5 Å². The number of nitrogens with zero attached hydrogens (tertiary/aromatic N) is 1. The SMILES string of the molecule is CCNCC1CCN(S(=O)(=O)c2ccccc2C)CC1. The highest BCUT2D eigenvalue weighted by atomic mass is 32.2. The first-order valence-electron chi connectivity index (χ1n) is 7.32. The minimum atomic E-state index is -3.32. The summed E-state index contributed by atoms with van der Waals surface area (Å²) in [4.78, 5) is 0.449. The molecule has 0 bridgehead atoms. The van der Waals surface area contributed by atoms with E-state index in [1.807, 2.05) is 19.1 Å². The molecule has 20 heavy (non-hydrogen) atoms. The largest absolute Gasteiger partial charge is 0.317 e. The molecule has 1 saturated heterocycles. The Kier molecular flexibility index (Phi) is 5.18. The number of rotatable bonds is 5. The molecule has 0 spiro atoms. The van der Waals surface area contributed by atoms with Crippen molar-refractivity contribution in [2.75, 3.05) is 26.2 Å². The van der Waals surface area contributed by atoms with Gasteiger partial charge in [-0.2, -0.15) is 4.31 Å². The molecule has 5 heteroatoms. The second-order valence-corrected chi connectivity index (χ2v) is 7.33. The molecule has 0 atom stereocenters. The van der Waals surface area contributed by atoms with Crippen LogP contribution in [0.3, 0.4) is 0 Å². The van der Waals surface area contributed by atoms with Gasteiger partial charge in [0.15, 0.2) is 0 Å². The smallest absolute Gasteiger partial charge is 0.243 e. The summed E-state index contributed by atoms with van der Waals surface area (Å²) >= 11 is 0. The number of nitrogens with one attached hydrogen (secondary N) is 1. The van der Waals surface area contributed by atoms with Crippen molar-refractivity contribution in [1.29, 1.82) is 0 Å². The van der Waals surface area contributed by atoms with Crippen molar-refractivity contribution in [3.8, 4) is 0 Å². The number of piperidine rings is 1. The van der Waals surface area contributed by atoms with Gasteiger partial charge in [0.1, 0.15) is 0 Å². The first kappa shape index (κ1) is 15.5. The normalized spacial score (nSPS) is 18.3. The Balaban J connectivity index is 2.04. The third kappa shape index (κ3) is 3.40. The van der Waals surface area contributed by atoms with Crippen LogP contribution in [0.15, 0.2) is 29.2 Å². The van der Waals surface area contributed by atoms with Crippen LogP contribution in [-0.2, 0) is 10.0 Å². The molecular weight excluding hydrogens is 272 g/mol. The van der Waals surface area contributed by atoms with Crippen LogP contribution in [0.4, 0.5) is 0 Å². The quantitative estimate of drug-likeness (QED) is 0.904. The van der Waals surface area contributed by atoms with Crippen LogP contribution in [0.2, 0.25) is 0 Å². The van der Waals surface area contributed by atoms with E-state index in [1.165, 1.54) is 0 Å². The maximum absolute atomic E-state index is 12.6. The molecule has 4 nitrogen and oxygen atoms in total. The zero-order valence-electron chi connectivity index (χ0n) is 12.3. The van der Waals surface area contributed by atoms with Crippen molar-refractivity contribution in [2.24, 2.45) is 5.92 Å². The molecule has 112 valence electrons. The summed E-state index contributed by atoms with van der Waals surface area (Å²) in [7, 11) is -3.32. The molecule has 0 aromatic heterocycles. The lowest BCUT2D eigenvalue weighted by molar-refractivity contribution is 0.268. The van der Waals surface area contributed by atoms with Crippen molar-refractivity contribution >= 4 is 10.0 Å². The zero-order valence-corrected chi connectivity index (χ0v) is 13.1. The zero-order chi connectivity index (χ0) is 14.6. The number of hydrogen-bond acceptors (Lipinski definition) is 3. The van der Waals surface area contributed by atoms with Crippen molar-refractivity contribution < 1.29 is 8.42 Å². The van der Waals surface area contributed by atoms with Gasteiger partial charge in [0.2, 0.25) is 10.0 Å². The Morgan fingerprint density at radius 2 is 1.90 bits per heavy atom. The van der Waals surface area contributed by atoms with Gasteiger partial charge in [-0.1, -0.05) is 25.1 Å². The lowest BCUT2D eigenvalue weighted by Gasteiger charge is -2.31. The average molecular weight is 296 g/mol. The van der Waals surface area contributed by atoms with Crippen LogP contribution < -0.4 is 5.32 Å². The molecule has 0 amide bonds. The fraction of sp³-hybridized carbons (Fsp3) is 0.600. The molecule has 0 aliphatic carbocycles. The number of sulfonamides is 1. The van der Waals surface area contributed by atoms with E-state index in [0.29, 0.717) is 23.9 Å². The summed E-state index contributed by atoms with van der Waals surface area (Å²) in [5, 5.41) is 3.34. The van der Waals surface area contributed by atoms with Crippen molar-refractivity contribution in [3.63, 3.8) is 0 Å². The Bertz CT molecular complexity index is 535. The summed E-state index contributed by atoms with van der Waals surface area (Å²) < 4.78 is 26.9. The van der Waals surface area contributed by atoms with Gasteiger partial charge in [-0.15, -0.1) is 0 Å². The molecule has 1 aliphatic rings. The van der Waals surface area contributed by atoms with Crippen LogP contribution >= 0.6 is 0 Å². The first-order chi connectivity index (χ1) is 9.55. The second-order valence-electron chi connectivity index (χ2n) is 5.42. The van der Waals surface area contributed by atoms with Crippen LogP contribution in [0.25, 0.3) is 0 Å². The molecule has 1 heterocycles. The Hall–Kier alpha value is -0.910. The van der Waals surface area contributed by atoms with Gasteiger partial charge >= 0.3 is 0 Å². The average Bonchev–Trinajstić information content (AvgIpc) is 2.46. The fourth-order valence-electron chi connectivity index (χ4n) is 2.69. The summed E-state index contributed by atoms with van der Waals surface area (Å²) in [6.07, 6.45) is 1.89.